The van der Waals surface area contributed by atoms with Crippen molar-refractivity contribution in [2.24, 2.45) is 11.5 Å². The highest BCUT2D eigenvalue weighted by Crippen LogP contribution is 2.45. The summed E-state index contributed by atoms with van der Waals surface area (Å²) >= 11 is 7.57. The number of fused-ring (bicyclic) bond motifs is 1. The first-order valence-electron chi connectivity index (χ1n) is 7.34. The number of carbonyl (C=O) groups is 2. The molecule has 0 aliphatic carbocycles. The van der Waals surface area contributed by atoms with Crippen LogP contribution in [0.25, 0.3) is 0 Å². The van der Waals surface area contributed by atoms with E-state index in [1.54, 1.807) is 18.2 Å². The standard InChI is InChI=1S/C17H16ClN3O2S/c18-11-6-7-12-13(8-11)24-16(10-4-2-1-3-5-10)15(20)17(23)21(12)9-14(19)22/h1-8,15-16H,9,20H2,(H2,19,22)/t15-,16+/m0/s1. The first-order chi connectivity index (χ1) is 11.5. The van der Waals surface area contributed by atoms with Gasteiger partial charge in [0.2, 0.25) is 11.8 Å². The average Bonchev–Trinajstić information content (AvgIpc) is 2.66. The Balaban J connectivity index is 2.10. The van der Waals surface area contributed by atoms with Gasteiger partial charge in [-0.1, -0.05) is 41.9 Å². The molecule has 0 aromatic heterocycles. The zero-order valence-corrected chi connectivity index (χ0v) is 14.3. The fourth-order valence-corrected chi connectivity index (χ4v) is 4.24. The molecule has 2 amide bonds. The van der Waals surface area contributed by atoms with E-state index >= 15 is 0 Å². The lowest BCUT2D eigenvalue weighted by Gasteiger charge is -2.24. The van der Waals surface area contributed by atoms with Crippen molar-refractivity contribution in [2.45, 2.75) is 16.2 Å². The van der Waals surface area contributed by atoms with Crippen molar-refractivity contribution in [1.82, 2.24) is 0 Å². The molecule has 2 atom stereocenters. The summed E-state index contributed by atoms with van der Waals surface area (Å²) in [5.74, 6) is -0.934. The third-order valence-corrected chi connectivity index (χ3v) is 5.42. The van der Waals surface area contributed by atoms with E-state index in [1.165, 1.54) is 16.7 Å². The van der Waals surface area contributed by atoms with Gasteiger partial charge in [-0.2, -0.15) is 0 Å². The van der Waals surface area contributed by atoms with Gasteiger partial charge < -0.3 is 16.4 Å². The normalized spacial score (nSPS) is 20.4. The Morgan fingerprint density at radius 2 is 1.92 bits per heavy atom. The van der Waals surface area contributed by atoms with E-state index in [4.69, 9.17) is 23.1 Å². The summed E-state index contributed by atoms with van der Waals surface area (Å²) in [6.45, 7) is -0.219. The molecule has 5 nitrogen and oxygen atoms in total. The number of rotatable bonds is 3. The Morgan fingerprint density at radius 3 is 2.58 bits per heavy atom. The molecule has 0 bridgehead atoms. The molecule has 2 aromatic rings. The number of nitrogens with zero attached hydrogens (tertiary/aromatic N) is 1. The second-order valence-corrected chi connectivity index (χ2v) is 7.10. The van der Waals surface area contributed by atoms with Gasteiger partial charge in [-0.3, -0.25) is 9.59 Å². The van der Waals surface area contributed by atoms with Crippen molar-refractivity contribution in [3.05, 3.63) is 59.1 Å². The van der Waals surface area contributed by atoms with E-state index in [2.05, 4.69) is 0 Å². The van der Waals surface area contributed by atoms with E-state index in [9.17, 15) is 9.59 Å². The van der Waals surface area contributed by atoms with Crippen molar-refractivity contribution in [1.29, 1.82) is 0 Å². The average molecular weight is 362 g/mol. The van der Waals surface area contributed by atoms with Gasteiger partial charge in [-0.15, -0.1) is 11.8 Å². The quantitative estimate of drug-likeness (QED) is 0.878. The SMILES string of the molecule is NC(=O)CN1C(=O)[C@@H](N)[C@@H](c2ccccc2)Sc2cc(Cl)ccc21. The van der Waals surface area contributed by atoms with Crippen LogP contribution in [0.3, 0.4) is 0 Å². The van der Waals surface area contributed by atoms with Gasteiger partial charge in [-0.05, 0) is 23.8 Å². The van der Waals surface area contributed by atoms with Crippen LogP contribution in [0.5, 0.6) is 0 Å². The molecule has 1 heterocycles. The van der Waals surface area contributed by atoms with Crippen LogP contribution >= 0.6 is 23.4 Å². The maximum Gasteiger partial charge on any atom is 0.245 e. The molecule has 3 rings (SSSR count). The van der Waals surface area contributed by atoms with Crippen LogP contribution in [0.4, 0.5) is 5.69 Å². The van der Waals surface area contributed by atoms with E-state index in [1.807, 2.05) is 30.3 Å². The number of hydrogen-bond donors (Lipinski definition) is 2. The summed E-state index contributed by atoms with van der Waals surface area (Å²) in [5.41, 5.74) is 13.1. The van der Waals surface area contributed by atoms with Crippen LogP contribution in [-0.4, -0.2) is 24.4 Å². The lowest BCUT2D eigenvalue weighted by Crippen LogP contribution is -2.48. The van der Waals surface area contributed by atoms with Gasteiger partial charge >= 0.3 is 0 Å². The van der Waals surface area contributed by atoms with Crippen molar-refractivity contribution in [3.8, 4) is 0 Å². The number of amides is 2. The molecule has 4 N–H and O–H groups in total. The Labute approximate surface area is 148 Å². The molecule has 1 aliphatic heterocycles. The van der Waals surface area contributed by atoms with Crippen molar-refractivity contribution in [2.75, 3.05) is 11.4 Å². The van der Waals surface area contributed by atoms with Gasteiger partial charge in [0, 0.05) is 9.92 Å². The van der Waals surface area contributed by atoms with Crippen molar-refractivity contribution in [3.63, 3.8) is 0 Å². The molecule has 0 unspecified atom stereocenters. The predicted octanol–water partition coefficient (Wildman–Crippen LogP) is 2.33. The number of carbonyl (C=O) groups excluding carboxylic acids is 2. The summed E-state index contributed by atoms with van der Waals surface area (Å²) < 4.78 is 0. The van der Waals surface area contributed by atoms with Crippen molar-refractivity contribution >= 4 is 40.9 Å². The topological polar surface area (TPSA) is 89.4 Å². The second-order valence-electron chi connectivity index (χ2n) is 5.48. The molecule has 0 saturated heterocycles. The summed E-state index contributed by atoms with van der Waals surface area (Å²) in [4.78, 5) is 26.4. The largest absolute Gasteiger partial charge is 0.368 e. The minimum absolute atomic E-state index is 0.219. The van der Waals surface area contributed by atoms with Gasteiger partial charge in [0.15, 0.2) is 0 Å². The molecule has 2 aromatic carbocycles. The number of thioether (sulfide) groups is 1. The number of halogens is 1. The molecular formula is C17H16ClN3O2S. The smallest absolute Gasteiger partial charge is 0.245 e. The number of benzene rings is 2. The van der Waals surface area contributed by atoms with Crippen LogP contribution in [0.1, 0.15) is 10.8 Å². The predicted molar refractivity (Wildman–Crippen MR) is 96.0 cm³/mol. The fourth-order valence-electron chi connectivity index (χ4n) is 2.68. The molecule has 1 aliphatic rings. The highest BCUT2D eigenvalue weighted by Gasteiger charge is 2.36. The minimum atomic E-state index is -0.803. The molecule has 124 valence electrons. The Kier molecular flexibility index (Phi) is 4.80. The monoisotopic (exact) mass is 361 g/mol. The van der Waals surface area contributed by atoms with Crippen LogP contribution < -0.4 is 16.4 Å². The Morgan fingerprint density at radius 1 is 1.21 bits per heavy atom. The highest BCUT2D eigenvalue weighted by molar-refractivity contribution is 7.99. The zero-order chi connectivity index (χ0) is 17.3. The summed E-state index contributed by atoms with van der Waals surface area (Å²) in [7, 11) is 0. The molecule has 0 fully saturated rings. The molecule has 24 heavy (non-hydrogen) atoms. The second kappa shape index (κ2) is 6.84. The zero-order valence-electron chi connectivity index (χ0n) is 12.7. The Hall–Kier alpha value is -2.02. The Bertz CT molecular complexity index is 785. The van der Waals surface area contributed by atoms with E-state index < -0.39 is 11.9 Å². The van der Waals surface area contributed by atoms with E-state index in [-0.39, 0.29) is 17.7 Å². The van der Waals surface area contributed by atoms with Crippen LogP contribution in [-0.2, 0) is 9.59 Å². The molecular weight excluding hydrogens is 346 g/mol. The lowest BCUT2D eigenvalue weighted by molar-refractivity contribution is -0.123. The first kappa shape index (κ1) is 16.8. The van der Waals surface area contributed by atoms with E-state index in [0.29, 0.717) is 10.7 Å². The van der Waals surface area contributed by atoms with Gasteiger partial charge in [0.1, 0.15) is 12.6 Å². The van der Waals surface area contributed by atoms with Gasteiger partial charge in [0.05, 0.1) is 10.9 Å². The number of anilines is 1. The summed E-state index contributed by atoms with van der Waals surface area (Å²) in [6, 6.07) is 13.9. The number of primary amides is 1. The number of nitrogens with two attached hydrogens (primary N) is 2. The summed E-state index contributed by atoms with van der Waals surface area (Å²) in [5, 5.41) is 0.267. The summed E-state index contributed by atoms with van der Waals surface area (Å²) in [6.07, 6.45) is 0. The van der Waals surface area contributed by atoms with Crippen LogP contribution in [0.15, 0.2) is 53.4 Å². The highest BCUT2D eigenvalue weighted by atomic mass is 35.5. The minimum Gasteiger partial charge on any atom is -0.368 e. The van der Waals surface area contributed by atoms with Gasteiger partial charge in [-0.25, -0.2) is 0 Å². The molecule has 0 saturated carbocycles. The molecule has 7 heteroatoms. The van der Waals surface area contributed by atoms with Crippen molar-refractivity contribution < 1.29 is 9.59 Å². The van der Waals surface area contributed by atoms with Crippen LogP contribution in [0.2, 0.25) is 5.02 Å². The molecule has 0 radical (unpaired) electrons. The maximum atomic E-state index is 12.9. The van der Waals surface area contributed by atoms with Crippen LogP contribution in [0, 0.1) is 0 Å². The van der Waals surface area contributed by atoms with Gasteiger partial charge in [0.25, 0.3) is 0 Å². The lowest BCUT2D eigenvalue weighted by atomic mass is 10.0. The van der Waals surface area contributed by atoms with E-state index in [0.717, 1.165) is 10.5 Å². The number of hydrogen-bond acceptors (Lipinski definition) is 4. The maximum absolute atomic E-state index is 12.9. The third-order valence-electron chi connectivity index (χ3n) is 3.79. The third kappa shape index (κ3) is 3.26. The first-order valence-corrected chi connectivity index (χ1v) is 8.59. The molecule has 0 spiro atoms. The fraction of sp³-hybridized carbons (Fsp3) is 0.176.